The van der Waals surface area contributed by atoms with E-state index in [4.69, 9.17) is 4.74 Å². The Kier molecular flexibility index (Phi) is 5.25. The molecule has 33 heavy (non-hydrogen) atoms. The number of sulfonamides is 1. The number of β-lactam (4-membered cyclic amide) rings is 1. The Bertz CT molecular complexity index is 1180. The van der Waals surface area contributed by atoms with Gasteiger partial charge in [0, 0.05) is 6.42 Å². The molecule has 7 heteroatoms. The number of fused-ring (bicyclic) bond motifs is 2. The van der Waals surface area contributed by atoms with Crippen molar-refractivity contribution in [1.82, 2.24) is 4.31 Å². The van der Waals surface area contributed by atoms with E-state index in [-0.39, 0.29) is 24.1 Å². The number of ketones is 1. The van der Waals surface area contributed by atoms with Crippen molar-refractivity contribution in [2.75, 3.05) is 5.75 Å². The molecule has 3 fully saturated rings. The molecule has 0 N–H and O–H groups in total. The topological polar surface area (TPSA) is 80.8 Å². The molecule has 5 rings (SSSR count). The summed E-state index contributed by atoms with van der Waals surface area (Å²) in [6.07, 6.45) is 0.965. The van der Waals surface area contributed by atoms with Gasteiger partial charge in [-0.1, -0.05) is 74.5 Å². The molecular weight excluding hydrogens is 438 g/mol. The first-order valence-electron chi connectivity index (χ1n) is 11.5. The molecule has 0 aromatic heterocycles. The van der Waals surface area contributed by atoms with Crippen molar-refractivity contribution in [1.29, 1.82) is 0 Å². The number of rotatable bonds is 7. The van der Waals surface area contributed by atoms with Crippen LogP contribution in [-0.2, 0) is 31.0 Å². The maximum absolute atomic E-state index is 13.7. The molecule has 1 aliphatic heterocycles. The highest BCUT2D eigenvalue weighted by molar-refractivity contribution is 7.89. The lowest BCUT2D eigenvalue weighted by Gasteiger charge is -2.47. The number of carbonyl (C=O) groups is 2. The van der Waals surface area contributed by atoms with Crippen LogP contribution in [0.3, 0.4) is 0 Å². The van der Waals surface area contributed by atoms with Crippen LogP contribution in [0.5, 0.6) is 0 Å². The van der Waals surface area contributed by atoms with Crippen LogP contribution in [0.25, 0.3) is 0 Å². The van der Waals surface area contributed by atoms with Crippen molar-refractivity contribution < 1.29 is 22.7 Å². The minimum absolute atomic E-state index is 0.0217. The number of Topliss-reactive ketones (excluding diaryl/α,β-unsaturated/α-hetero) is 1. The average molecular weight is 468 g/mol. The van der Waals surface area contributed by atoms with Gasteiger partial charge in [0.25, 0.3) is 5.91 Å². The highest BCUT2D eigenvalue weighted by Crippen LogP contribution is 2.64. The Hall–Kier alpha value is -2.51. The predicted octanol–water partition coefficient (Wildman–Crippen LogP) is 3.88. The summed E-state index contributed by atoms with van der Waals surface area (Å²) in [7, 11) is -4.03. The number of hydrogen-bond donors (Lipinski definition) is 0. The van der Waals surface area contributed by atoms with E-state index in [9.17, 15) is 18.0 Å². The van der Waals surface area contributed by atoms with Crippen molar-refractivity contribution in [2.45, 2.75) is 51.9 Å². The number of carbonyl (C=O) groups excluding carboxylic acids is 2. The molecule has 1 heterocycles. The lowest BCUT2D eigenvalue weighted by Crippen LogP contribution is -2.63. The van der Waals surface area contributed by atoms with Crippen LogP contribution in [0.2, 0.25) is 0 Å². The maximum Gasteiger partial charge on any atom is 0.268 e. The number of hydrogen-bond acceptors (Lipinski definition) is 5. The fourth-order valence-corrected chi connectivity index (χ4v) is 8.52. The molecule has 2 aromatic carbocycles. The lowest BCUT2D eigenvalue weighted by atomic mass is 9.70. The smallest absolute Gasteiger partial charge is 0.268 e. The van der Waals surface area contributed by atoms with Crippen molar-refractivity contribution >= 4 is 21.7 Å². The lowest BCUT2D eigenvalue weighted by molar-refractivity contribution is -0.164. The summed E-state index contributed by atoms with van der Waals surface area (Å²) in [5.74, 6) is -0.649. The Morgan fingerprint density at radius 3 is 2.21 bits per heavy atom. The van der Waals surface area contributed by atoms with E-state index in [0.717, 1.165) is 16.3 Å². The second-order valence-corrected chi connectivity index (χ2v) is 12.0. The van der Waals surface area contributed by atoms with Crippen molar-refractivity contribution in [2.24, 2.45) is 16.7 Å². The van der Waals surface area contributed by atoms with Gasteiger partial charge in [-0.15, -0.1) is 0 Å². The van der Waals surface area contributed by atoms with Gasteiger partial charge in [0.05, 0.1) is 17.8 Å². The molecule has 2 aromatic rings. The summed E-state index contributed by atoms with van der Waals surface area (Å²) < 4.78 is 34.3. The summed E-state index contributed by atoms with van der Waals surface area (Å²) >= 11 is 0. The van der Waals surface area contributed by atoms with E-state index in [1.165, 1.54) is 0 Å². The highest BCUT2D eigenvalue weighted by Gasteiger charge is 2.67. The quantitative estimate of drug-likeness (QED) is 0.578. The molecule has 1 saturated heterocycles. The van der Waals surface area contributed by atoms with Crippen LogP contribution < -0.4 is 0 Å². The van der Waals surface area contributed by atoms with E-state index >= 15 is 0 Å². The second kappa shape index (κ2) is 7.77. The molecule has 2 saturated carbocycles. The molecule has 0 unspecified atom stereocenters. The monoisotopic (exact) mass is 467 g/mol. The number of benzene rings is 2. The van der Waals surface area contributed by atoms with Gasteiger partial charge in [0.1, 0.15) is 11.8 Å². The van der Waals surface area contributed by atoms with Gasteiger partial charge >= 0.3 is 0 Å². The summed E-state index contributed by atoms with van der Waals surface area (Å²) in [5.41, 5.74) is 0.301. The summed E-state index contributed by atoms with van der Waals surface area (Å²) in [4.78, 5) is 26.1. The molecule has 0 spiro atoms. The van der Waals surface area contributed by atoms with E-state index in [0.29, 0.717) is 18.4 Å². The summed E-state index contributed by atoms with van der Waals surface area (Å²) in [6, 6.07) is 17.9. The van der Waals surface area contributed by atoms with Crippen molar-refractivity contribution in [3.8, 4) is 0 Å². The normalized spacial score (nSPS) is 30.5. The fourth-order valence-electron chi connectivity index (χ4n) is 6.12. The zero-order valence-electron chi connectivity index (χ0n) is 18.9. The van der Waals surface area contributed by atoms with Gasteiger partial charge in [-0.3, -0.25) is 9.59 Å². The van der Waals surface area contributed by atoms with Crippen LogP contribution in [0.4, 0.5) is 0 Å². The average Bonchev–Trinajstić information content (AvgIpc) is 3.12. The molecule has 0 radical (unpaired) electrons. The minimum atomic E-state index is -4.03. The fraction of sp³-hybridized carbons (Fsp3) is 0.462. The number of amides is 1. The van der Waals surface area contributed by atoms with Crippen molar-refractivity contribution in [3.63, 3.8) is 0 Å². The van der Waals surface area contributed by atoms with Gasteiger partial charge in [-0.2, -0.15) is 0 Å². The van der Waals surface area contributed by atoms with Gasteiger partial charge in [-0.25, -0.2) is 12.7 Å². The Morgan fingerprint density at radius 1 is 1.00 bits per heavy atom. The minimum Gasteiger partial charge on any atom is -0.361 e. The van der Waals surface area contributed by atoms with Gasteiger partial charge in [0.15, 0.2) is 6.10 Å². The van der Waals surface area contributed by atoms with Crippen LogP contribution in [0, 0.1) is 16.7 Å². The van der Waals surface area contributed by atoms with E-state index in [2.05, 4.69) is 0 Å². The van der Waals surface area contributed by atoms with Gasteiger partial charge in [-0.05, 0) is 35.3 Å². The first kappa shape index (κ1) is 22.3. The molecule has 4 atom stereocenters. The van der Waals surface area contributed by atoms with E-state index < -0.39 is 38.9 Å². The molecule has 3 aliphatic rings. The molecule has 2 aliphatic carbocycles. The molecule has 6 nitrogen and oxygen atoms in total. The van der Waals surface area contributed by atoms with Gasteiger partial charge < -0.3 is 4.74 Å². The van der Waals surface area contributed by atoms with Gasteiger partial charge in [0.2, 0.25) is 10.0 Å². The molecule has 174 valence electrons. The zero-order chi connectivity index (χ0) is 23.4. The second-order valence-electron chi connectivity index (χ2n) is 10.1. The SMILES string of the molecule is CC1(C)[C@H]2CC[C@]1(CS(=O)(=O)N1C(=O)[C@H](OCc3ccccc3)[C@@H]1c1ccccc1)C(=O)C2. The third kappa shape index (κ3) is 3.36. The Morgan fingerprint density at radius 2 is 1.64 bits per heavy atom. The molecule has 1 amide bonds. The van der Waals surface area contributed by atoms with Crippen molar-refractivity contribution in [3.05, 3.63) is 71.8 Å². The van der Waals surface area contributed by atoms with E-state index in [1.807, 2.05) is 74.5 Å². The maximum atomic E-state index is 13.7. The van der Waals surface area contributed by atoms with E-state index in [1.54, 1.807) is 0 Å². The Balaban J connectivity index is 1.44. The number of ether oxygens (including phenoxy) is 1. The zero-order valence-corrected chi connectivity index (χ0v) is 19.8. The summed E-state index contributed by atoms with van der Waals surface area (Å²) in [5, 5.41) is 0. The predicted molar refractivity (Wildman–Crippen MR) is 123 cm³/mol. The largest absolute Gasteiger partial charge is 0.361 e. The highest BCUT2D eigenvalue weighted by atomic mass is 32.2. The third-order valence-corrected chi connectivity index (χ3v) is 10.1. The first-order valence-corrected chi connectivity index (χ1v) is 13.1. The standard InChI is InChI=1S/C26H29NO5S/c1-25(2)20-13-14-26(25,21(28)15-20)17-33(30,31)27-22(19-11-7-4-8-12-19)23(24(27)29)32-16-18-9-5-3-6-10-18/h3-12,20,22-23H,13-17H2,1-2H3/t20-,22-,23+,26-/m0/s1. The van der Waals surface area contributed by atoms with Crippen LogP contribution in [-0.4, -0.2) is 36.3 Å². The van der Waals surface area contributed by atoms with Crippen LogP contribution >= 0.6 is 0 Å². The molecule has 2 bridgehead atoms. The Labute approximate surface area is 195 Å². The third-order valence-electron chi connectivity index (χ3n) is 8.28. The molecular formula is C26H29NO5S. The first-order chi connectivity index (χ1) is 15.7. The summed E-state index contributed by atoms with van der Waals surface area (Å²) in [6.45, 7) is 4.22. The van der Waals surface area contributed by atoms with Crippen LogP contribution in [0.15, 0.2) is 60.7 Å². The number of nitrogens with zero attached hydrogens (tertiary/aromatic N) is 1. The van der Waals surface area contributed by atoms with Crippen LogP contribution in [0.1, 0.15) is 50.3 Å².